The van der Waals surface area contributed by atoms with Crippen LogP contribution in [0.25, 0.3) is 0 Å². The molecule has 96 valence electrons. The normalized spacial score (nSPS) is 10.6. The minimum atomic E-state index is 0.737. The van der Waals surface area contributed by atoms with Crippen molar-refractivity contribution in [2.75, 3.05) is 25.0 Å². The van der Waals surface area contributed by atoms with Crippen LogP contribution in [0.15, 0.2) is 12.1 Å². The Bertz CT molecular complexity index is 341. The van der Waals surface area contributed by atoms with E-state index >= 15 is 0 Å². The number of hydrogen-bond donors (Lipinski definition) is 1. The number of rotatable bonds is 7. The molecule has 0 aliphatic rings. The van der Waals surface area contributed by atoms with E-state index in [1.165, 1.54) is 0 Å². The molecule has 1 aromatic heterocycles. The van der Waals surface area contributed by atoms with Gasteiger partial charge in [-0.05, 0) is 31.5 Å². The topological polar surface area (TPSA) is 28.2 Å². The maximum atomic E-state index is 6.14. The quantitative estimate of drug-likeness (QED) is 0.759. The highest BCUT2D eigenvalue weighted by Crippen LogP contribution is 2.18. The predicted octanol–water partition coefficient (Wildman–Crippen LogP) is 3.08. The lowest BCUT2D eigenvalue weighted by molar-refractivity contribution is 0.663. The summed E-state index contributed by atoms with van der Waals surface area (Å²) in [7, 11) is 2.06. The lowest BCUT2D eigenvalue weighted by Gasteiger charge is -2.18. The molecule has 0 spiro atoms. The molecule has 0 aliphatic carbocycles. The molecule has 1 N–H and O–H groups in total. The third-order valence-corrected chi connectivity index (χ3v) is 2.92. The Balaban J connectivity index is 2.71. The summed E-state index contributed by atoms with van der Waals surface area (Å²) in [6, 6.07) is 3.90. The van der Waals surface area contributed by atoms with Gasteiger partial charge in [0.2, 0.25) is 0 Å². The van der Waals surface area contributed by atoms with Crippen molar-refractivity contribution in [1.29, 1.82) is 0 Å². The van der Waals surface area contributed by atoms with Crippen molar-refractivity contribution in [1.82, 2.24) is 10.3 Å². The van der Waals surface area contributed by atoms with Crippen molar-refractivity contribution < 1.29 is 0 Å². The van der Waals surface area contributed by atoms with Gasteiger partial charge in [0.15, 0.2) is 0 Å². The van der Waals surface area contributed by atoms with Gasteiger partial charge in [-0.25, -0.2) is 4.98 Å². The van der Waals surface area contributed by atoms with Gasteiger partial charge in [-0.1, -0.05) is 25.4 Å². The first-order valence-electron chi connectivity index (χ1n) is 6.26. The molecule has 0 amide bonds. The second-order valence-corrected chi connectivity index (χ2v) is 4.60. The van der Waals surface area contributed by atoms with Gasteiger partial charge < -0.3 is 10.2 Å². The molecule has 0 aromatic carbocycles. The molecule has 0 aliphatic heterocycles. The number of anilines is 1. The van der Waals surface area contributed by atoms with Crippen LogP contribution in [-0.2, 0) is 6.54 Å². The molecule has 0 unspecified atom stereocenters. The number of halogens is 1. The molecule has 0 bridgehead atoms. The first kappa shape index (κ1) is 14.3. The van der Waals surface area contributed by atoms with E-state index in [0.29, 0.717) is 0 Å². The van der Waals surface area contributed by atoms with E-state index in [1.807, 2.05) is 12.1 Å². The van der Waals surface area contributed by atoms with E-state index in [4.69, 9.17) is 11.6 Å². The van der Waals surface area contributed by atoms with Gasteiger partial charge in [-0.2, -0.15) is 0 Å². The number of aromatic nitrogens is 1. The Morgan fingerprint density at radius 1 is 1.29 bits per heavy atom. The minimum absolute atomic E-state index is 0.737. The highest BCUT2D eigenvalue weighted by atomic mass is 35.5. The molecular weight excluding hydrogens is 234 g/mol. The van der Waals surface area contributed by atoms with E-state index in [0.717, 1.165) is 49.0 Å². The molecule has 0 saturated heterocycles. The summed E-state index contributed by atoms with van der Waals surface area (Å²) >= 11 is 6.14. The van der Waals surface area contributed by atoms with Crippen LogP contribution in [0.5, 0.6) is 0 Å². The Hall–Kier alpha value is -0.800. The van der Waals surface area contributed by atoms with Crippen LogP contribution in [0.1, 0.15) is 32.4 Å². The maximum absolute atomic E-state index is 6.14. The van der Waals surface area contributed by atoms with Crippen molar-refractivity contribution in [3.05, 3.63) is 22.8 Å². The molecule has 1 aromatic rings. The molecular formula is C13H22ClN3. The average Bonchev–Trinajstić information content (AvgIpc) is 2.32. The average molecular weight is 256 g/mol. The molecule has 3 nitrogen and oxygen atoms in total. The number of nitrogens with one attached hydrogen (secondary N) is 1. The summed E-state index contributed by atoms with van der Waals surface area (Å²) in [6.45, 7) is 7.05. The third-order valence-electron chi connectivity index (χ3n) is 2.57. The maximum Gasteiger partial charge on any atom is 0.128 e. The monoisotopic (exact) mass is 255 g/mol. The number of hydrogen-bond acceptors (Lipinski definition) is 3. The van der Waals surface area contributed by atoms with Gasteiger partial charge in [0.05, 0.1) is 10.7 Å². The SMILES string of the molecule is CCCNCc1nc(N(C)CCC)ccc1Cl. The fourth-order valence-electron chi connectivity index (χ4n) is 1.64. The van der Waals surface area contributed by atoms with E-state index in [2.05, 4.69) is 36.1 Å². The van der Waals surface area contributed by atoms with Crippen LogP contribution in [0.3, 0.4) is 0 Å². The molecule has 4 heteroatoms. The van der Waals surface area contributed by atoms with E-state index in [-0.39, 0.29) is 0 Å². The summed E-state index contributed by atoms with van der Waals surface area (Å²) in [5, 5.41) is 4.06. The van der Waals surface area contributed by atoms with Crippen LogP contribution >= 0.6 is 11.6 Å². The number of nitrogens with zero attached hydrogens (tertiary/aromatic N) is 2. The van der Waals surface area contributed by atoms with Crippen molar-refractivity contribution in [2.45, 2.75) is 33.2 Å². The zero-order valence-electron chi connectivity index (χ0n) is 11.0. The molecule has 0 saturated carbocycles. The zero-order valence-corrected chi connectivity index (χ0v) is 11.7. The predicted molar refractivity (Wildman–Crippen MR) is 74.8 cm³/mol. The first-order valence-corrected chi connectivity index (χ1v) is 6.64. The largest absolute Gasteiger partial charge is 0.360 e. The van der Waals surface area contributed by atoms with Crippen LogP contribution in [0.2, 0.25) is 5.02 Å². The summed E-state index contributed by atoms with van der Waals surface area (Å²) in [5.41, 5.74) is 0.931. The second-order valence-electron chi connectivity index (χ2n) is 4.20. The highest BCUT2D eigenvalue weighted by molar-refractivity contribution is 6.31. The Morgan fingerprint density at radius 2 is 2.06 bits per heavy atom. The molecule has 0 radical (unpaired) electrons. The van der Waals surface area contributed by atoms with Crippen LogP contribution in [0.4, 0.5) is 5.82 Å². The standard InChI is InChI=1S/C13H22ClN3/c1-4-8-15-10-12-11(14)6-7-13(16-12)17(3)9-5-2/h6-7,15H,4-5,8-10H2,1-3H3. The van der Waals surface area contributed by atoms with Crippen molar-refractivity contribution >= 4 is 17.4 Å². The Morgan fingerprint density at radius 3 is 2.71 bits per heavy atom. The lowest BCUT2D eigenvalue weighted by atomic mass is 10.3. The van der Waals surface area contributed by atoms with Gasteiger partial charge in [0.25, 0.3) is 0 Å². The zero-order chi connectivity index (χ0) is 12.7. The van der Waals surface area contributed by atoms with Crippen LogP contribution < -0.4 is 10.2 Å². The summed E-state index contributed by atoms with van der Waals surface area (Å²) < 4.78 is 0. The smallest absolute Gasteiger partial charge is 0.128 e. The number of pyridine rings is 1. The lowest BCUT2D eigenvalue weighted by Crippen LogP contribution is -2.21. The second kappa shape index (κ2) is 7.51. The Labute approximate surface area is 109 Å². The highest BCUT2D eigenvalue weighted by Gasteiger charge is 2.06. The van der Waals surface area contributed by atoms with Gasteiger partial charge in [-0.3, -0.25) is 0 Å². The van der Waals surface area contributed by atoms with Gasteiger partial charge in [0, 0.05) is 20.1 Å². The Kier molecular flexibility index (Phi) is 6.30. The minimum Gasteiger partial charge on any atom is -0.360 e. The van der Waals surface area contributed by atoms with Crippen molar-refractivity contribution in [2.24, 2.45) is 0 Å². The first-order chi connectivity index (χ1) is 8.19. The van der Waals surface area contributed by atoms with E-state index < -0.39 is 0 Å². The van der Waals surface area contributed by atoms with E-state index in [1.54, 1.807) is 0 Å². The summed E-state index contributed by atoms with van der Waals surface area (Å²) in [6.07, 6.45) is 2.23. The molecule has 0 fully saturated rings. The molecule has 0 atom stereocenters. The summed E-state index contributed by atoms with van der Waals surface area (Å²) in [5.74, 6) is 0.990. The van der Waals surface area contributed by atoms with Gasteiger partial charge in [-0.15, -0.1) is 0 Å². The van der Waals surface area contributed by atoms with Crippen LogP contribution in [-0.4, -0.2) is 25.1 Å². The van der Waals surface area contributed by atoms with Crippen LogP contribution in [0, 0.1) is 0 Å². The van der Waals surface area contributed by atoms with Crippen molar-refractivity contribution in [3.8, 4) is 0 Å². The fraction of sp³-hybridized carbons (Fsp3) is 0.615. The molecule has 17 heavy (non-hydrogen) atoms. The fourth-order valence-corrected chi connectivity index (χ4v) is 1.81. The van der Waals surface area contributed by atoms with Crippen molar-refractivity contribution in [3.63, 3.8) is 0 Å². The molecule has 1 rings (SSSR count). The van der Waals surface area contributed by atoms with Gasteiger partial charge >= 0.3 is 0 Å². The van der Waals surface area contributed by atoms with E-state index in [9.17, 15) is 0 Å². The third kappa shape index (κ3) is 4.52. The summed E-state index contributed by atoms with van der Waals surface area (Å²) in [4.78, 5) is 6.75. The molecule has 1 heterocycles. The van der Waals surface area contributed by atoms with Gasteiger partial charge in [0.1, 0.15) is 5.82 Å².